The number of rotatable bonds is 2. The second kappa shape index (κ2) is 5.60. The predicted octanol–water partition coefficient (Wildman–Crippen LogP) is 1.43. The Morgan fingerprint density at radius 3 is 2.96 bits per heavy atom. The van der Waals surface area contributed by atoms with E-state index in [0.717, 1.165) is 32.5 Å². The van der Waals surface area contributed by atoms with E-state index in [-0.39, 0.29) is 11.4 Å². The number of nitrogens with zero attached hydrogens (tertiary/aromatic N) is 1. The van der Waals surface area contributed by atoms with Crippen LogP contribution in [-0.4, -0.2) is 56.3 Å². The molecule has 0 radical (unpaired) electrons. The van der Waals surface area contributed by atoms with Gasteiger partial charge in [0.15, 0.2) is 11.5 Å². The third kappa shape index (κ3) is 2.51. The van der Waals surface area contributed by atoms with Crippen molar-refractivity contribution in [3.63, 3.8) is 0 Å². The summed E-state index contributed by atoms with van der Waals surface area (Å²) in [7, 11) is 1.58. The van der Waals surface area contributed by atoms with Gasteiger partial charge in [0.1, 0.15) is 13.2 Å². The minimum Gasteiger partial charge on any atom is -0.493 e. The number of amides is 1. The predicted molar refractivity (Wildman–Crippen MR) is 84.5 cm³/mol. The van der Waals surface area contributed by atoms with Gasteiger partial charge in [0, 0.05) is 24.2 Å². The molecule has 6 nitrogen and oxygen atoms in total. The smallest absolute Gasteiger partial charge is 0.254 e. The summed E-state index contributed by atoms with van der Waals surface area (Å²) in [5, 5.41) is 3.58. The summed E-state index contributed by atoms with van der Waals surface area (Å²) in [4.78, 5) is 14.8. The van der Waals surface area contributed by atoms with Crippen molar-refractivity contribution in [1.29, 1.82) is 0 Å². The van der Waals surface area contributed by atoms with E-state index in [9.17, 15) is 4.79 Å². The SMILES string of the molecule is COc1cc(C(=O)N2CCC3(CCCN3)C2)cc2c1OCCO2. The Bertz CT molecular complexity index is 608. The number of benzene rings is 1. The minimum atomic E-state index is 0.0332. The van der Waals surface area contributed by atoms with Gasteiger partial charge in [-0.3, -0.25) is 4.79 Å². The molecule has 2 saturated heterocycles. The highest BCUT2D eigenvalue weighted by Crippen LogP contribution is 2.41. The third-order valence-electron chi connectivity index (χ3n) is 5.05. The van der Waals surface area contributed by atoms with Crippen LogP contribution < -0.4 is 19.5 Å². The second-order valence-electron chi connectivity index (χ2n) is 6.49. The summed E-state index contributed by atoms with van der Waals surface area (Å²) in [6.45, 7) is 3.62. The highest BCUT2D eigenvalue weighted by Gasteiger charge is 2.42. The van der Waals surface area contributed by atoms with E-state index >= 15 is 0 Å². The van der Waals surface area contributed by atoms with Crippen molar-refractivity contribution >= 4 is 5.91 Å². The fourth-order valence-corrected chi connectivity index (χ4v) is 3.84. The molecule has 6 heteroatoms. The lowest BCUT2D eigenvalue weighted by atomic mass is 9.97. The molecule has 23 heavy (non-hydrogen) atoms. The molecule has 3 heterocycles. The molecule has 3 aliphatic heterocycles. The van der Waals surface area contributed by atoms with Gasteiger partial charge in [-0.1, -0.05) is 0 Å². The number of ether oxygens (including phenoxy) is 3. The molecular formula is C17H22N2O4. The average molecular weight is 318 g/mol. The normalized spacial score (nSPS) is 25.9. The van der Waals surface area contributed by atoms with Crippen molar-refractivity contribution in [2.24, 2.45) is 0 Å². The van der Waals surface area contributed by atoms with Crippen molar-refractivity contribution < 1.29 is 19.0 Å². The maximum atomic E-state index is 12.9. The van der Waals surface area contributed by atoms with Crippen LogP contribution in [0.2, 0.25) is 0 Å². The molecule has 1 amide bonds. The van der Waals surface area contributed by atoms with Crippen LogP contribution in [0, 0.1) is 0 Å². The maximum absolute atomic E-state index is 12.9. The Hall–Kier alpha value is -1.95. The van der Waals surface area contributed by atoms with Crippen LogP contribution in [0.25, 0.3) is 0 Å². The quantitative estimate of drug-likeness (QED) is 0.894. The Balaban J connectivity index is 1.59. The molecule has 1 atom stereocenters. The van der Waals surface area contributed by atoms with Crippen molar-refractivity contribution in [1.82, 2.24) is 10.2 Å². The van der Waals surface area contributed by atoms with Crippen molar-refractivity contribution in [2.45, 2.75) is 24.8 Å². The van der Waals surface area contributed by atoms with Gasteiger partial charge in [0.05, 0.1) is 7.11 Å². The molecule has 0 aliphatic carbocycles. The lowest BCUT2D eigenvalue weighted by molar-refractivity contribution is 0.0780. The summed E-state index contributed by atoms with van der Waals surface area (Å²) in [5.74, 6) is 1.77. The topological polar surface area (TPSA) is 60.0 Å². The van der Waals surface area contributed by atoms with Crippen molar-refractivity contribution in [3.05, 3.63) is 17.7 Å². The fraction of sp³-hybridized carbons (Fsp3) is 0.588. The number of fused-ring (bicyclic) bond motifs is 1. The molecule has 124 valence electrons. The zero-order valence-corrected chi connectivity index (χ0v) is 13.4. The van der Waals surface area contributed by atoms with Gasteiger partial charge in [-0.05, 0) is 37.9 Å². The minimum absolute atomic E-state index is 0.0332. The number of likely N-dealkylation sites (tertiary alicyclic amines) is 1. The van der Waals surface area contributed by atoms with Gasteiger partial charge >= 0.3 is 0 Å². The molecule has 0 aromatic heterocycles. The van der Waals surface area contributed by atoms with Gasteiger partial charge in [0.2, 0.25) is 5.75 Å². The van der Waals surface area contributed by atoms with E-state index in [1.807, 2.05) is 4.90 Å². The van der Waals surface area contributed by atoms with Crippen LogP contribution in [0.15, 0.2) is 12.1 Å². The molecule has 1 aromatic rings. The first-order valence-electron chi connectivity index (χ1n) is 8.23. The largest absolute Gasteiger partial charge is 0.493 e. The summed E-state index contributed by atoms with van der Waals surface area (Å²) < 4.78 is 16.6. The van der Waals surface area contributed by atoms with E-state index < -0.39 is 0 Å². The maximum Gasteiger partial charge on any atom is 0.254 e. The molecule has 2 fully saturated rings. The lowest BCUT2D eigenvalue weighted by Crippen LogP contribution is -2.43. The first-order valence-corrected chi connectivity index (χ1v) is 8.23. The van der Waals surface area contributed by atoms with Gasteiger partial charge in [-0.2, -0.15) is 0 Å². The van der Waals surface area contributed by atoms with E-state index in [4.69, 9.17) is 14.2 Å². The number of hydrogen-bond donors (Lipinski definition) is 1. The number of carbonyl (C=O) groups excluding carboxylic acids is 1. The molecule has 4 rings (SSSR count). The lowest BCUT2D eigenvalue weighted by Gasteiger charge is -2.25. The van der Waals surface area contributed by atoms with Gasteiger partial charge in [0.25, 0.3) is 5.91 Å². The second-order valence-corrected chi connectivity index (χ2v) is 6.49. The molecule has 1 spiro atoms. The molecule has 0 bridgehead atoms. The van der Waals surface area contributed by atoms with Crippen LogP contribution in [-0.2, 0) is 0 Å². The summed E-state index contributed by atoms with van der Waals surface area (Å²) in [6, 6.07) is 3.52. The number of carbonyl (C=O) groups is 1. The third-order valence-corrected chi connectivity index (χ3v) is 5.05. The molecule has 1 N–H and O–H groups in total. The number of methoxy groups -OCH3 is 1. The number of hydrogen-bond acceptors (Lipinski definition) is 5. The van der Waals surface area contributed by atoms with Crippen molar-refractivity contribution in [3.8, 4) is 17.2 Å². The molecular weight excluding hydrogens is 296 g/mol. The summed E-state index contributed by atoms with van der Waals surface area (Å²) in [5.41, 5.74) is 0.731. The standard InChI is InChI=1S/C17H22N2O4/c1-21-13-9-12(10-14-15(13)23-8-7-22-14)16(20)19-6-4-17(11-19)3-2-5-18-17/h9-10,18H,2-8,11H2,1H3. The van der Waals surface area contributed by atoms with E-state index in [1.165, 1.54) is 6.42 Å². The molecule has 1 aromatic carbocycles. The fourth-order valence-electron chi connectivity index (χ4n) is 3.84. The molecule has 1 unspecified atom stereocenters. The highest BCUT2D eigenvalue weighted by atomic mass is 16.6. The zero-order chi connectivity index (χ0) is 15.9. The average Bonchev–Trinajstić information content (AvgIpc) is 3.23. The van der Waals surface area contributed by atoms with Crippen LogP contribution in [0.5, 0.6) is 17.2 Å². The van der Waals surface area contributed by atoms with Crippen LogP contribution >= 0.6 is 0 Å². The van der Waals surface area contributed by atoms with Crippen LogP contribution in [0.3, 0.4) is 0 Å². The molecule has 3 aliphatic rings. The Morgan fingerprint density at radius 2 is 2.17 bits per heavy atom. The summed E-state index contributed by atoms with van der Waals surface area (Å²) in [6.07, 6.45) is 3.38. The number of nitrogens with one attached hydrogen (secondary N) is 1. The first kappa shape index (κ1) is 14.6. The van der Waals surface area contributed by atoms with E-state index in [0.29, 0.717) is 36.0 Å². The summed E-state index contributed by atoms with van der Waals surface area (Å²) >= 11 is 0. The van der Waals surface area contributed by atoms with E-state index in [1.54, 1.807) is 19.2 Å². The Morgan fingerprint density at radius 1 is 1.30 bits per heavy atom. The van der Waals surface area contributed by atoms with Gasteiger partial charge in [-0.15, -0.1) is 0 Å². The Labute approximate surface area is 135 Å². The van der Waals surface area contributed by atoms with E-state index in [2.05, 4.69) is 5.32 Å². The molecule has 0 saturated carbocycles. The first-order chi connectivity index (χ1) is 11.2. The van der Waals surface area contributed by atoms with Gasteiger partial charge < -0.3 is 24.4 Å². The highest BCUT2D eigenvalue weighted by molar-refractivity contribution is 5.96. The zero-order valence-electron chi connectivity index (χ0n) is 13.4. The van der Waals surface area contributed by atoms with Crippen molar-refractivity contribution in [2.75, 3.05) is 40.0 Å². The van der Waals surface area contributed by atoms with Crippen LogP contribution in [0.1, 0.15) is 29.6 Å². The van der Waals surface area contributed by atoms with Crippen LogP contribution in [0.4, 0.5) is 0 Å². The monoisotopic (exact) mass is 318 g/mol. The Kier molecular flexibility index (Phi) is 3.56. The van der Waals surface area contributed by atoms with Gasteiger partial charge in [-0.25, -0.2) is 0 Å².